The van der Waals surface area contributed by atoms with Gasteiger partial charge < -0.3 is 35.4 Å². The molecule has 290 valence electrons. The number of anilines is 1. The summed E-state index contributed by atoms with van der Waals surface area (Å²) in [5.74, 6) is -4.96. The summed E-state index contributed by atoms with van der Waals surface area (Å²) in [6.45, 7) is -2.82. The number of β-lactam (4-membered cyclic amide) rings is 1. The third kappa shape index (κ3) is 11.9. The Morgan fingerprint density at radius 2 is 1.47 bits per heavy atom. The van der Waals surface area contributed by atoms with Crippen LogP contribution < -0.4 is 16.4 Å². The number of nitrogens with two attached hydrogens (primary N) is 1. The van der Waals surface area contributed by atoms with Gasteiger partial charge in [-0.15, -0.1) is 22.9 Å². The minimum absolute atomic E-state index is 0.00356. The number of hydroxylamine groups is 2. The minimum atomic E-state index is -1.46. The van der Waals surface area contributed by atoms with E-state index >= 15 is 0 Å². The number of hydrogen-bond donors (Lipinski definition) is 3. The fraction of sp³-hybridized carbons (Fsp3) is 0.267. The quantitative estimate of drug-likeness (QED) is 0.0290. The zero-order chi connectivity index (χ0) is 40.1. The lowest BCUT2D eigenvalue weighted by Gasteiger charge is -2.44. The maximum Gasteiger partial charge on any atom is 0.404 e. The van der Waals surface area contributed by atoms with Crippen molar-refractivity contribution in [2.75, 3.05) is 31.0 Å². The first kappa shape index (κ1) is 41.0. The number of primary amides is 1. The molecule has 0 bridgehead atoms. The smallest absolute Gasteiger partial charge is 0.404 e. The van der Waals surface area contributed by atoms with Gasteiger partial charge in [0, 0.05) is 29.6 Å². The van der Waals surface area contributed by atoms with E-state index in [1.165, 1.54) is 53.9 Å². The number of oxime groups is 1. The van der Waals surface area contributed by atoms with Crippen LogP contribution in [0.25, 0.3) is 0 Å². The maximum atomic E-state index is 13.5. The molecule has 1 saturated heterocycles. The highest BCUT2D eigenvalue weighted by atomic mass is 35.5. The normalized spacial score (nSPS) is 14.9. The largest absolute Gasteiger partial charge is 0.459 e. The lowest BCUT2D eigenvalue weighted by molar-refractivity contribution is -0.385. The molecule has 1 aromatic heterocycles. The average Bonchev–Trinajstić information content (AvgIpc) is 3.62. The third-order valence-corrected chi connectivity index (χ3v) is 7.94. The number of benzene rings is 2. The van der Waals surface area contributed by atoms with Crippen molar-refractivity contribution < 1.29 is 62.5 Å². The van der Waals surface area contributed by atoms with Crippen LogP contribution in [0.1, 0.15) is 16.8 Å². The van der Waals surface area contributed by atoms with E-state index in [4.69, 9.17) is 41.2 Å². The lowest BCUT2D eigenvalue weighted by atomic mass is 9.98. The molecular weight excluding hydrogens is 780 g/mol. The van der Waals surface area contributed by atoms with Gasteiger partial charge in [-0.25, -0.2) is 24.4 Å². The number of non-ortho nitro benzene ring substituents is 2. The van der Waals surface area contributed by atoms with E-state index in [2.05, 4.69) is 20.8 Å². The number of aromatic nitrogens is 1. The topological polar surface area (TPSA) is 313 Å². The molecule has 0 spiro atoms. The molecule has 55 heavy (non-hydrogen) atoms. The third-order valence-electron chi connectivity index (χ3n) is 6.94. The molecule has 1 aliphatic heterocycles. The van der Waals surface area contributed by atoms with Gasteiger partial charge in [0.05, 0.1) is 9.85 Å². The van der Waals surface area contributed by atoms with Gasteiger partial charge in [0.25, 0.3) is 23.2 Å². The Hall–Kier alpha value is -6.79. The SMILES string of the molecule is NC(=O)OC[C@H]1[C@H](NC(=O)C(=NOCC(=O)OCc2ccc([N+](=O)[O-])cc2)c2csc(NC(=O)CCl)n2)C(=O)N1OCC(=O)OCc1ccc([N+](=O)[O-])cc1. The van der Waals surface area contributed by atoms with Crippen LogP contribution in [0.15, 0.2) is 59.1 Å². The summed E-state index contributed by atoms with van der Waals surface area (Å²) >= 11 is 6.38. The first-order valence-electron chi connectivity index (χ1n) is 15.2. The Labute approximate surface area is 316 Å². The highest BCUT2D eigenvalue weighted by Crippen LogP contribution is 2.23. The van der Waals surface area contributed by atoms with Crippen LogP contribution in [0.4, 0.5) is 21.3 Å². The molecule has 25 heteroatoms. The Kier molecular flexibility index (Phi) is 14.4. The molecule has 23 nitrogen and oxygen atoms in total. The fourth-order valence-corrected chi connectivity index (χ4v) is 5.06. The van der Waals surface area contributed by atoms with Crippen LogP contribution in [0.5, 0.6) is 0 Å². The summed E-state index contributed by atoms with van der Waals surface area (Å²) in [6, 6.07) is 7.66. The molecule has 0 aliphatic carbocycles. The molecule has 2 aromatic carbocycles. The van der Waals surface area contributed by atoms with Gasteiger partial charge >= 0.3 is 18.0 Å². The first-order valence-corrected chi connectivity index (χ1v) is 16.7. The summed E-state index contributed by atoms with van der Waals surface area (Å²) in [4.78, 5) is 109. The van der Waals surface area contributed by atoms with Gasteiger partial charge in [-0.1, -0.05) is 5.16 Å². The van der Waals surface area contributed by atoms with Gasteiger partial charge in [0.15, 0.2) is 17.5 Å². The maximum absolute atomic E-state index is 13.5. The molecule has 2 atom stereocenters. The van der Waals surface area contributed by atoms with E-state index in [1.807, 2.05) is 0 Å². The number of nitro benzene ring substituents is 2. The number of thiazole rings is 1. The van der Waals surface area contributed by atoms with Crippen molar-refractivity contribution >= 4 is 80.9 Å². The van der Waals surface area contributed by atoms with Crippen LogP contribution in [0, 0.1) is 20.2 Å². The zero-order valence-electron chi connectivity index (χ0n) is 27.8. The molecule has 4 amide bonds. The number of amides is 4. The molecule has 1 fully saturated rings. The number of hydrogen-bond acceptors (Lipinski definition) is 18. The van der Waals surface area contributed by atoms with Gasteiger partial charge in [-0.2, -0.15) is 0 Å². The summed E-state index contributed by atoms with van der Waals surface area (Å²) in [5, 5.41) is 32.0. The van der Waals surface area contributed by atoms with Crippen LogP contribution in [0.2, 0.25) is 0 Å². The summed E-state index contributed by atoms with van der Waals surface area (Å²) in [6.07, 6.45) is -1.24. The standard InChI is InChI=1S/C30H27ClN8O15S/c31-9-22(40)34-30-33-20(15-55-30)25(36-53-13-23(41)50-10-16-1-5-18(6-2-16)38(46)47)27(43)35-26-21(12-52-29(32)45)37(28(26)44)54-14-24(42)51-11-17-3-7-19(8-4-17)39(48)49/h1-8,15,21,26H,9-14H2,(H2,32,45)(H,35,43)(H,33,34,40)/t21-,26-/m0/s1. The van der Waals surface area contributed by atoms with Crippen LogP contribution >= 0.6 is 22.9 Å². The van der Waals surface area contributed by atoms with Crippen molar-refractivity contribution in [2.24, 2.45) is 10.9 Å². The molecule has 2 heterocycles. The molecule has 1 aliphatic rings. The van der Waals surface area contributed by atoms with Gasteiger partial charge in [-0.05, 0) is 35.4 Å². The van der Waals surface area contributed by atoms with E-state index in [-0.39, 0.29) is 35.4 Å². The average molecular weight is 807 g/mol. The Balaban J connectivity index is 1.40. The molecule has 0 saturated carbocycles. The lowest BCUT2D eigenvalue weighted by Crippen LogP contribution is -2.72. The van der Waals surface area contributed by atoms with Crippen LogP contribution in [-0.2, 0) is 61.1 Å². The predicted octanol–water partition coefficient (Wildman–Crippen LogP) is 1.07. The first-order chi connectivity index (χ1) is 26.2. The van der Waals surface area contributed by atoms with Crippen molar-refractivity contribution in [3.8, 4) is 0 Å². The number of nitrogens with one attached hydrogen (secondary N) is 2. The summed E-state index contributed by atoms with van der Waals surface area (Å²) in [7, 11) is 0. The van der Waals surface area contributed by atoms with Crippen molar-refractivity contribution in [3.63, 3.8) is 0 Å². The van der Waals surface area contributed by atoms with Gasteiger partial charge in [0.1, 0.15) is 43.5 Å². The number of halogens is 1. The van der Waals surface area contributed by atoms with Crippen molar-refractivity contribution in [3.05, 3.63) is 91.0 Å². The zero-order valence-corrected chi connectivity index (χ0v) is 29.4. The van der Waals surface area contributed by atoms with E-state index in [0.29, 0.717) is 16.2 Å². The number of carbonyl (C=O) groups is 6. The molecule has 4 N–H and O–H groups in total. The predicted molar refractivity (Wildman–Crippen MR) is 184 cm³/mol. The summed E-state index contributed by atoms with van der Waals surface area (Å²) in [5.41, 5.74) is 4.79. The minimum Gasteiger partial charge on any atom is -0.459 e. The number of nitrogens with zero attached hydrogens (tertiary/aromatic N) is 5. The number of carbonyl (C=O) groups excluding carboxylic acids is 6. The number of ether oxygens (including phenoxy) is 3. The number of nitro groups is 2. The molecule has 3 aromatic rings. The fourth-order valence-electron chi connectivity index (χ4n) is 4.28. The molecule has 4 rings (SSSR count). The Bertz CT molecular complexity index is 1980. The highest BCUT2D eigenvalue weighted by Gasteiger charge is 2.51. The Morgan fingerprint density at radius 1 is 0.909 bits per heavy atom. The second-order valence-corrected chi connectivity index (χ2v) is 11.8. The van der Waals surface area contributed by atoms with Crippen molar-refractivity contribution in [1.82, 2.24) is 15.4 Å². The van der Waals surface area contributed by atoms with E-state index in [9.17, 15) is 49.0 Å². The monoisotopic (exact) mass is 806 g/mol. The van der Waals surface area contributed by atoms with E-state index in [1.54, 1.807) is 0 Å². The van der Waals surface area contributed by atoms with Crippen LogP contribution in [-0.4, -0.2) is 99.1 Å². The van der Waals surface area contributed by atoms with Gasteiger partial charge in [0.2, 0.25) is 12.5 Å². The molecule has 0 radical (unpaired) electrons. The number of esters is 2. The van der Waals surface area contributed by atoms with E-state index < -0.39 is 89.1 Å². The number of alkyl halides is 1. The van der Waals surface area contributed by atoms with Crippen LogP contribution in [0.3, 0.4) is 0 Å². The van der Waals surface area contributed by atoms with Crippen molar-refractivity contribution in [2.45, 2.75) is 25.3 Å². The second kappa shape index (κ2) is 19.3. The second-order valence-electron chi connectivity index (χ2n) is 10.7. The van der Waals surface area contributed by atoms with Crippen molar-refractivity contribution in [1.29, 1.82) is 0 Å². The summed E-state index contributed by atoms with van der Waals surface area (Å²) < 4.78 is 14.9. The number of rotatable bonds is 19. The van der Waals surface area contributed by atoms with E-state index in [0.717, 1.165) is 11.3 Å². The highest BCUT2D eigenvalue weighted by molar-refractivity contribution is 7.14. The van der Waals surface area contributed by atoms with Gasteiger partial charge in [-0.3, -0.25) is 39.4 Å². The Morgan fingerprint density at radius 3 is 2.00 bits per heavy atom. The molecular formula is C30H27ClN8O15S. The molecule has 0 unspecified atom stereocenters.